The number of hydrogen-bond acceptors (Lipinski definition) is 2. The van der Waals surface area contributed by atoms with Crippen LogP contribution in [0.25, 0.3) is 10.9 Å². The molecule has 3 heteroatoms. The average Bonchev–Trinajstić information content (AvgIpc) is 2.39. The zero-order valence-corrected chi connectivity index (χ0v) is 10.8. The van der Waals surface area contributed by atoms with E-state index in [2.05, 4.69) is 6.92 Å². The standard InChI is InChI=1S/C15H19NO2/c1-2-3-4-5-12-18-16-11-7-9-13-8-6-10-14(17)15(13)16/h6-11H,2-5,12H2,1H3/p+1. The van der Waals surface area contributed by atoms with Gasteiger partial charge in [0.25, 0.3) is 0 Å². The molecule has 2 aromatic rings. The molecule has 0 bridgehead atoms. The molecular weight excluding hydrogens is 226 g/mol. The highest BCUT2D eigenvalue weighted by molar-refractivity contribution is 5.80. The Morgan fingerprint density at radius 3 is 2.78 bits per heavy atom. The second kappa shape index (κ2) is 6.24. The van der Waals surface area contributed by atoms with Gasteiger partial charge < -0.3 is 5.11 Å². The van der Waals surface area contributed by atoms with Crippen LogP contribution >= 0.6 is 0 Å². The molecule has 3 nitrogen and oxygen atoms in total. The quantitative estimate of drug-likeness (QED) is 0.628. The van der Waals surface area contributed by atoms with Gasteiger partial charge in [-0.15, -0.1) is 0 Å². The molecule has 0 unspecified atom stereocenters. The number of phenolic OH excluding ortho intramolecular Hbond substituents is 1. The van der Waals surface area contributed by atoms with Crippen LogP contribution in [0.5, 0.6) is 5.75 Å². The molecule has 0 spiro atoms. The molecule has 18 heavy (non-hydrogen) atoms. The van der Waals surface area contributed by atoms with E-state index in [0.717, 1.165) is 17.3 Å². The maximum absolute atomic E-state index is 9.89. The Hall–Kier alpha value is -1.77. The van der Waals surface area contributed by atoms with Crippen molar-refractivity contribution in [3.8, 4) is 5.75 Å². The normalized spacial score (nSPS) is 10.7. The van der Waals surface area contributed by atoms with Crippen molar-refractivity contribution in [1.82, 2.24) is 0 Å². The summed E-state index contributed by atoms with van der Waals surface area (Å²) in [7, 11) is 0. The Morgan fingerprint density at radius 2 is 1.94 bits per heavy atom. The van der Waals surface area contributed by atoms with Crippen molar-refractivity contribution >= 4 is 10.9 Å². The van der Waals surface area contributed by atoms with Gasteiger partial charge >= 0.3 is 5.52 Å². The number of para-hydroxylation sites is 1. The first-order chi connectivity index (χ1) is 8.83. The smallest absolute Gasteiger partial charge is 0.305 e. The summed E-state index contributed by atoms with van der Waals surface area (Å²) >= 11 is 0. The Balaban J connectivity index is 2.08. The van der Waals surface area contributed by atoms with Crippen LogP contribution in [0.1, 0.15) is 32.6 Å². The monoisotopic (exact) mass is 246 g/mol. The lowest BCUT2D eigenvalue weighted by Gasteiger charge is -2.02. The van der Waals surface area contributed by atoms with Gasteiger partial charge in [0.15, 0.2) is 12.4 Å². The van der Waals surface area contributed by atoms with Crippen molar-refractivity contribution in [1.29, 1.82) is 0 Å². The van der Waals surface area contributed by atoms with Crippen molar-refractivity contribution in [2.75, 3.05) is 6.61 Å². The third-order valence-corrected chi connectivity index (χ3v) is 2.99. The van der Waals surface area contributed by atoms with Gasteiger partial charge in [-0.25, -0.2) is 0 Å². The maximum atomic E-state index is 9.89. The van der Waals surface area contributed by atoms with Crippen LogP contribution in [-0.2, 0) is 0 Å². The highest BCUT2D eigenvalue weighted by Crippen LogP contribution is 2.19. The SMILES string of the molecule is CCCCCCO[n+]1cccc2cccc(O)c21. The van der Waals surface area contributed by atoms with Crippen LogP contribution in [-0.4, -0.2) is 11.7 Å². The summed E-state index contributed by atoms with van der Waals surface area (Å²) in [5.41, 5.74) is 0.732. The zero-order valence-electron chi connectivity index (χ0n) is 10.8. The topological polar surface area (TPSA) is 33.3 Å². The lowest BCUT2D eigenvalue weighted by molar-refractivity contribution is -0.871. The number of phenols is 1. The van der Waals surface area contributed by atoms with Gasteiger partial charge in [0.05, 0.1) is 5.39 Å². The number of hydrogen-bond donors (Lipinski definition) is 1. The van der Waals surface area contributed by atoms with E-state index in [1.54, 1.807) is 10.8 Å². The Bertz CT molecular complexity index is 506. The third-order valence-electron chi connectivity index (χ3n) is 2.99. The van der Waals surface area contributed by atoms with E-state index >= 15 is 0 Å². The molecule has 1 aromatic heterocycles. The average molecular weight is 246 g/mol. The van der Waals surface area contributed by atoms with Gasteiger partial charge in [-0.3, -0.25) is 4.84 Å². The van der Waals surface area contributed by atoms with Gasteiger partial charge in [-0.05, 0) is 31.0 Å². The first-order valence-electron chi connectivity index (χ1n) is 6.58. The van der Waals surface area contributed by atoms with Crippen molar-refractivity contribution in [3.63, 3.8) is 0 Å². The molecule has 0 saturated heterocycles. The molecule has 0 fully saturated rings. The minimum atomic E-state index is 0.252. The maximum Gasteiger partial charge on any atom is 0.305 e. The van der Waals surface area contributed by atoms with Crippen LogP contribution in [0, 0.1) is 0 Å². The predicted molar refractivity (Wildman–Crippen MR) is 71.4 cm³/mol. The van der Waals surface area contributed by atoms with Crippen molar-refractivity contribution in [2.45, 2.75) is 32.6 Å². The Labute approximate surface area is 108 Å². The second-order valence-electron chi connectivity index (χ2n) is 4.44. The van der Waals surface area contributed by atoms with Crippen LogP contribution in [0.2, 0.25) is 0 Å². The molecule has 2 rings (SSSR count). The molecule has 0 saturated carbocycles. The summed E-state index contributed by atoms with van der Waals surface area (Å²) in [5, 5.41) is 10.9. The number of fused-ring (bicyclic) bond motifs is 1. The fourth-order valence-electron chi connectivity index (χ4n) is 2.02. The summed E-state index contributed by atoms with van der Waals surface area (Å²) < 4.78 is 1.66. The highest BCUT2D eigenvalue weighted by atomic mass is 16.7. The lowest BCUT2D eigenvalue weighted by atomic mass is 10.2. The van der Waals surface area contributed by atoms with E-state index in [-0.39, 0.29) is 5.75 Å². The third kappa shape index (κ3) is 2.92. The van der Waals surface area contributed by atoms with Crippen molar-refractivity contribution in [2.24, 2.45) is 0 Å². The molecular formula is C15H20NO2+. The fourth-order valence-corrected chi connectivity index (χ4v) is 2.02. The summed E-state index contributed by atoms with van der Waals surface area (Å²) in [6.45, 7) is 2.87. The molecule has 0 aliphatic rings. The summed E-state index contributed by atoms with van der Waals surface area (Å²) in [6, 6.07) is 9.37. The fraction of sp³-hybridized carbons (Fsp3) is 0.400. The largest absolute Gasteiger partial charge is 0.502 e. The minimum Gasteiger partial charge on any atom is -0.502 e. The highest BCUT2D eigenvalue weighted by Gasteiger charge is 2.14. The number of aromatic hydroxyl groups is 1. The first kappa shape index (κ1) is 12.7. The Kier molecular flexibility index (Phi) is 4.40. The van der Waals surface area contributed by atoms with E-state index in [1.807, 2.05) is 30.5 Å². The molecule has 0 atom stereocenters. The van der Waals surface area contributed by atoms with Crippen molar-refractivity contribution < 1.29 is 14.7 Å². The molecule has 96 valence electrons. The van der Waals surface area contributed by atoms with Crippen molar-refractivity contribution in [3.05, 3.63) is 36.5 Å². The molecule has 1 aromatic carbocycles. The number of pyridine rings is 1. The number of aromatic nitrogens is 1. The van der Waals surface area contributed by atoms with Crippen LogP contribution in [0.15, 0.2) is 36.5 Å². The van der Waals surface area contributed by atoms with Gasteiger partial charge in [-0.1, -0.05) is 25.8 Å². The summed E-state index contributed by atoms with van der Waals surface area (Å²) in [5.74, 6) is 0.252. The summed E-state index contributed by atoms with van der Waals surface area (Å²) in [6.07, 6.45) is 6.54. The number of unbranched alkanes of at least 4 members (excludes halogenated alkanes) is 3. The second-order valence-corrected chi connectivity index (χ2v) is 4.44. The van der Waals surface area contributed by atoms with E-state index in [1.165, 1.54) is 19.3 Å². The van der Waals surface area contributed by atoms with Gasteiger partial charge in [0.1, 0.15) is 0 Å². The van der Waals surface area contributed by atoms with Gasteiger partial charge in [-0.2, -0.15) is 0 Å². The van der Waals surface area contributed by atoms with Crippen LogP contribution < -0.4 is 9.57 Å². The van der Waals surface area contributed by atoms with Gasteiger partial charge in [0, 0.05) is 10.8 Å². The van der Waals surface area contributed by atoms with Crippen LogP contribution in [0.4, 0.5) is 0 Å². The molecule has 1 heterocycles. The lowest BCUT2D eigenvalue weighted by Crippen LogP contribution is -2.43. The van der Waals surface area contributed by atoms with E-state index in [0.29, 0.717) is 6.61 Å². The molecule has 0 radical (unpaired) electrons. The number of nitrogens with zero attached hydrogens (tertiary/aromatic N) is 1. The predicted octanol–water partition coefficient (Wildman–Crippen LogP) is 2.84. The molecule has 0 amide bonds. The number of rotatable bonds is 6. The zero-order chi connectivity index (χ0) is 12.8. The van der Waals surface area contributed by atoms with E-state index in [9.17, 15) is 5.11 Å². The molecule has 0 aliphatic heterocycles. The first-order valence-corrected chi connectivity index (χ1v) is 6.58. The Morgan fingerprint density at radius 1 is 1.11 bits per heavy atom. The number of benzene rings is 1. The van der Waals surface area contributed by atoms with E-state index in [4.69, 9.17) is 4.84 Å². The minimum absolute atomic E-state index is 0.252. The van der Waals surface area contributed by atoms with Gasteiger partial charge in [0.2, 0.25) is 6.20 Å². The molecule has 0 aliphatic carbocycles. The van der Waals surface area contributed by atoms with E-state index < -0.39 is 0 Å². The molecule has 1 N–H and O–H groups in total. The van der Waals surface area contributed by atoms with Crippen LogP contribution in [0.3, 0.4) is 0 Å². The summed E-state index contributed by atoms with van der Waals surface area (Å²) in [4.78, 5) is 5.70.